The summed E-state index contributed by atoms with van der Waals surface area (Å²) in [5, 5.41) is 7.02. The number of carbonyl (C=O) groups is 2. The molecule has 1 amide bonds. The summed E-state index contributed by atoms with van der Waals surface area (Å²) in [6.45, 7) is 1.96. The smallest absolute Gasteiger partial charge is 0.341 e. The molecule has 0 saturated carbocycles. The molecule has 7 nitrogen and oxygen atoms in total. The second-order valence-electron chi connectivity index (χ2n) is 6.24. The van der Waals surface area contributed by atoms with Crippen molar-refractivity contribution in [2.24, 2.45) is 0 Å². The first-order valence-corrected chi connectivity index (χ1v) is 8.78. The molecule has 29 heavy (non-hydrogen) atoms. The van der Waals surface area contributed by atoms with Crippen LogP contribution in [0.25, 0.3) is 5.69 Å². The van der Waals surface area contributed by atoms with Crippen molar-refractivity contribution in [3.63, 3.8) is 0 Å². The van der Waals surface area contributed by atoms with E-state index in [2.05, 4.69) is 10.4 Å². The predicted molar refractivity (Wildman–Crippen MR) is 104 cm³/mol. The Hall–Kier alpha value is -3.68. The Morgan fingerprint density at radius 3 is 2.48 bits per heavy atom. The Bertz CT molecular complexity index is 1040. The maximum atomic E-state index is 13.1. The van der Waals surface area contributed by atoms with Crippen LogP contribution in [0.3, 0.4) is 0 Å². The first kappa shape index (κ1) is 20.1. The average molecular weight is 397 g/mol. The molecule has 0 saturated heterocycles. The van der Waals surface area contributed by atoms with Gasteiger partial charge in [0.15, 0.2) is 0 Å². The number of nitrogens with one attached hydrogen (secondary N) is 1. The lowest BCUT2D eigenvalue weighted by Crippen LogP contribution is -2.23. The van der Waals surface area contributed by atoms with Crippen molar-refractivity contribution in [1.29, 1.82) is 0 Å². The van der Waals surface area contributed by atoms with Crippen LogP contribution in [0.15, 0.2) is 48.7 Å². The highest BCUT2D eigenvalue weighted by Crippen LogP contribution is 2.21. The third-order valence-corrected chi connectivity index (χ3v) is 4.45. The van der Waals surface area contributed by atoms with E-state index in [1.165, 1.54) is 32.5 Å². The summed E-state index contributed by atoms with van der Waals surface area (Å²) in [6, 6.07) is 10.8. The average Bonchev–Trinajstić information content (AvgIpc) is 3.13. The number of benzene rings is 2. The number of amides is 1. The summed E-state index contributed by atoms with van der Waals surface area (Å²) < 4.78 is 24.6. The lowest BCUT2D eigenvalue weighted by molar-refractivity contribution is 0.0597. The van der Waals surface area contributed by atoms with Crippen molar-refractivity contribution in [2.75, 3.05) is 14.2 Å². The number of ether oxygens (including phenoxy) is 2. The fraction of sp³-hybridized carbons (Fsp3) is 0.190. The molecular formula is C21H20FN3O4. The highest BCUT2D eigenvalue weighted by atomic mass is 19.1. The number of methoxy groups -OCH3 is 2. The summed E-state index contributed by atoms with van der Waals surface area (Å²) >= 11 is 0. The minimum atomic E-state index is -0.522. The molecule has 1 aromatic heterocycles. The lowest BCUT2D eigenvalue weighted by atomic mass is 10.1. The van der Waals surface area contributed by atoms with Gasteiger partial charge < -0.3 is 14.8 Å². The summed E-state index contributed by atoms with van der Waals surface area (Å²) in [5.41, 5.74) is 2.67. The molecule has 1 N–H and O–H groups in total. The monoisotopic (exact) mass is 397 g/mol. The van der Waals surface area contributed by atoms with Gasteiger partial charge in [-0.3, -0.25) is 4.79 Å². The van der Waals surface area contributed by atoms with Crippen LogP contribution in [0, 0.1) is 12.7 Å². The van der Waals surface area contributed by atoms with Crippen molar-refractivity contribution >= 4 is 11.9 Å². The van der Waals surface area contributed by atoms with Gasteiger partial charge in [-0.1, -0.05) is 6.07 Å². The van der Waals surface area contributed by atoms with Crippen LogP contribution < -0.4 is 10.1 Å². The third kappa shape index (κ3) is 4.26. The largest absolute Gasteiger partial charge is 0.496 e. The molecular weight excluding hydrogens is 377 g/mol. The van der Waals surface area contributed by atoms with Gasteiger partial charge in [-0.25, -0.2) is 13.9 Å². The van der Waals surface area contributed by atoms with E-state index in [0.717, 1.165) is 0 Å². The number of hydrogen-bond donors (Lipinski definition) is 1. The standard InChI is InChI=1S/C21H20FN3O4/c1-13-18(12-24-25(13)16-7-5-15(22)6-8-16)20(26)23-11-14-4-9-19(28-2)17(10-14)21(27)29-3/h4-10,12H,11H2,1-3H3,(H,23,26). The Kier molecular flexibility index (Phi) is 5.92. The van der Waals surface area contributed by atoms with Gasteiger partial charge in [-0.05, 0) is 48.9 Å². The highest BCUT2D eigenvalue weighted by molar-refractivity contribution is 5.95. The molecule has 0 aliphatic rings. The molecule has 150 valence electrons. The number of nitrogens with zero attached hydrogens (tertiary/aromatic N) is 2. The van der Waals surface area contributed by atoms with Gasteiger partial charge in [0.2, 0.25) is 0 Å². The van der Waals surface area contributed by atoms with E-state index < -0.39 is 5.97 Å². The second kappa shape index (κ2) is 8.55. The second-order valence-corrected chi connectivity index (χ2v) is 6.24. The zero-order chi connectivity index (χ0) is 21.0. The van der Waals surface area contributed by atoms with Crippen LogP contribution in [0.5, 0.6) is 5.75 Å². The molecule has 0 radical (unpaired) electrons. The fourth-order valence-electron chi connectivity index (χ4n) is 2.89. The van der Waals surface area contributed by atoms with E-state index in [1.54, 1.807) is 41.9 Å². The summed E-state index contributed by atoms with van der Waals surface area (Å²) in [6.07, 6.45) is 1.46. The van der Waals surface area contributed by atoms with Gasteiger partial charge in [0, 0.05) is 6.54 Å². The van der Waals surface area contributed by atoms with Gasteiger partial charge in [-0.2, -0.15) is 5.10 Å². The van der Waals surface area contributed by atoms with Gasteiger partial charge in [0.1, 0.15) is 17.1 Å². The van der Waals surface area contributed by atoms with E-state index in [1.807, 2.05) is 0 Å². The Morgan fingerprint density at radius 2 is 1.83 bits per heavy atom. The molecule has 0 spiro atoms. The minimum absolute atomic E-state index is 0.202. The molecule has 1 heterocycles. The molecule has 0 bridgehead atoms. The van der Waals surface area contributed by atoms with Gasteiger partial charge >= 0.3 is 5.97 Å². The zero-order valence-electron chi connectivity index (χ0n) is 16.2. The number of carbonyl (C=O) groups excluding carboxylic acids is 2. The van der Waals surface area contributed by atoms with Crippen LogP contribution in [-0.2, 0) is 11.3 Å². The normalized spacial score (nSPS) is 10.5. The molecule has 8 heteroatoms. The van der Waals surface area contributed by atoms with E-state index in [9.17, 15) is 14.0 Å². The van der Waals surface area contributed by atoms with Crippen LogP contribution in [0.2, 0.25) is 0 Å². The molecule has 0 atom stereocenters. The van der Waals surface area contributed by atoms with Gasteiger partial charge in [0.05, 0.1) is 37.4 Å². The van der Waals surface area contributed by atoms with Crippen molar-refractivity contribution in [2.45, 2.75) is 13.5 Å². The number of rotatable bonds is 6. The first-order valence-electron chi connectivity index (χ1n) is 8.78. The Balaban J connectivity index is 1.75. The van der Waals surface area contributed by atoms with Crippen molar-refractivity contribution in [3.8, 4) is 11.4 Å². The number of halogens is 1. The maximum Gasteiger partial charge on any atom is 0.341 e. The lowest BCUT2D eigenvalue weighted by Gasteiger charge is -2.10. The SMILES string of the molecule is COC(=O)c1cc(CNC(=O)c2cnn(-c3ccc(F)cc3)c2C)ccc1OC. The van der Waals surface area contributed by atoms with E-state index in [-0.39, 0.29) is 23.8 Å². The molecule has 3 rings (SSSR count). The van der Waals surface area contributed by atoms with E-state index >= 15 is 0 Å². The van der Waals surface area contributed by atoms with Gasteiger partial charge in [-0.15, -0.1) is 0 Å². The van der Waals surface area contributed by atoms with Crippen LogP contribution in [0.4, 0.5) is 4.39 Å². The first-order chi connectivity index (χ1) is 13.9. The fourth-order valence-corrected chi connectivity index (χ4v) is 2.89. The maximum absolute atomic E-state index is 13.1. The minimum Gasteiger partial charge on any atom is -0.496 e. The van der Waals surface area contributed by atoms with E-state index in [0.29, 0.717) is 28.3 Å². The van der Waals surface area contributed by atoms with Crippen LogP contribution in [0.1, 0.15) is 32.0 Å². The van der Waals surface area contributed by atoms with Crippen molar-refractivity contribution in [3.05, 3.63) is 76.9 Å². The summed E-state index contributed by atoms with van der Waals surface area (Å²) in [4.78, 5) is 24.5. The van der Waals surface area contributed by atoms with E-state index in [4.69, 9.17) is 9.47 Å². The topological polar surface area (TPSA) is 82.5 Å². The number of aromatic nitrogens is 2. The molecule has 2 aromatic carbocycles. The number of hydrogen-bond acceptors (Lipinski definition) is 5. The Labute approximate surface area is 167 Å². The van der Waals surface area contributed by atoms with Crippen molar-refractivity contribution in [1.82, 2.24) is 15.1 Å². The third-order valence-electron chi connectivity index (χ3n) is 4.45. The van der Waals surface area contributed by atoms with Crippen LogP contribution in [-0.4, -0.2) is 35.9 Å². The van der Waals surface area contributed by atoms with Gasteiger partial charge in [0.25, 0.3) is 5.91 Å². The predicted octanol–water partition coefficient (Wildman–Crippen LogP) is 3.05. The Morgan fingerprint density at radius 1 is 1.10 bits per heavy atom. The summed E-state index contributed by atoms with van der Waals surface area (Å²) in [5.74, 6) is -0.788. The number of esters is 1. The molecule has 0 aliphatic carbocycles. The van der Waals surface area contributed by atoms with Crippen molar-refractivity contribution < 1.29 is 23.5 Å². The highest BCUT2D eigenvalue weighted by Gasteiger charge is 2.17. The molecule has 0 fully saturated rings. The molecule has 0 aliphatic heterocycles. The van der Waals surface area contributed by atoms with Crippen LogP contribution >= 0.6 is 0 Å². The molecule has 3 aromatic rings. The quantitative estimate of drug-likeness (QED) is 0.647. The summed E-state index contributed by atoms with van der Waals surface area (Å²) in [7, 11) is 2.75. The zero-order valence-corrected chi connectivity index (χ0v) is 16.2. The molecule has 0 unspecified atom stereocenters.